The molecular weight excluding hydrogens is 278 g/mol. The van der Waals surface area contributed by atoms with E-state index in [1.807, 2.05) is 44.4 Å². The van der Waals surface area contributed by atoms with E-state index in [-0.39, 0.29) is 22.9 Å². The molecule has 0 saturated heterocycles. The number of nitrogens with zero attached hydrogens (tertiary/aromatic N) is 1. The minimum absolute atomic E-state index is 0.113. The zero-order valence-electron chi connectivity index (χ0n) is 13.5. The number of amides is 1. The molecule has 0 radical (unpaired) electrons. The van der Waals surface area contributed by atoms with Crippen LogP contribution >= 0.6 is 0 Å². The molecular formula is C17H23N3O2. The van der Waals surface area contributed by atoms with Gasteiger partial charge in [-0.2, -0.15) is 0 Å². The first-order valence-electron chi connectivity index (χ1n) is 7.54. The molecule has 118 valence electrons. The van der Waals surface area contributed by atoms with Crippen LogP contribution in [0.2, 0.25) is 0 Å². The number of pyridine rings is 1. The number of hydrogen-bond acceptors (Lipinski definition) is 3. The molecule has 2 aromatic rings. The number of benzene rings is 1. The third-order valence-corrected chi connectivity index (χ3v) is 3.56. The highest BCUT2D eigenvalue weighted by Crippen LogP contribution is 2.21. The molecule has 0 atom stereocenters. The van der Waals surface area contributed by atoms with Crippen molar-refractivity contribution in [1.29, 1.82) is 0 Å². The van der Waals surface area contributed by atoms with Gasteiger partial charge in [0, 0.05) is 24.5 Å². The lowest BCUT2D eigenvalue weighted by Gasteiger charge is -2.17. The molecule has 0 aliphatic heterocycles. The molecule has 1 aromatic heterocycles. The van der Waals surface area contributed by atoms with E-state index in [0.29, 0.717) is 23.5 Å². The van der Waals surface area contributed by atoms with E-state index >= 15 is 0 Å². The lowest BCUT2D eigenvalue weighted by molar-refractivity contribution is 0.0947. The topological polar surface area (TPSA) is 77.1 Å². The van der Waals surface area contributed by atoms with Gasteiger partial charge in [-0.05, 0) is 31.9 Å². The lowest BCUT2D eigenvalue weighted by atomic mass is 10.1. The van der Waals surface area contributed by atoms with Crippen molar-refractivity contribution < 1.29 is 4.79 Å². The van der Waals surface area contributed by atoms with Crippen LogP contribution in [0.1, 0.15) is 44.1 Å². The number of nitrogen functional groups attached to an aromatic ring is 1. The molecule has 0 unspecified atom stereocenters. The second kappa shape index (κ2) is 6.22. The van der Waals surface area contributed by atoms with Gasteiger partial charge in [-0.3, -0.25) is 9.59 Å². The molecule has 0 fully saturated rings. The summed E-state index contributed by atoms with van der Waals surface area (Å²) in [6.07, 6.45) is 1.63. The van der Waals surface area contributed by atoms with Gasteiger partial charge in [0.25, 0.3) is 5.91 Å². The Kier molecular flexibility index (Phi) is 4.54. The van der Waals surface area contributed by atoms with E-state index < -0.39 is 0 Å². The van der Waals surface area contributed by atoms with E-state index in [9.17, 15) is 9.59 Å². The van der Waals surface area contributed by atoms with Crippen molar-refractivity contribution in [2.45, 2.75) is 33.7 Å². The minimum Gasteiger partial charge on any atom is -0.398 e. The van der Waals surface area contributed by atoms with Crippen LogP contribution in [0.15, 0.2) is 29.2 Å². The fraction of sp³-hybridized carbons (Fsp3) is 0.412. The van der Waals surface area contributed by atoms with Gasteiger partial charge in [-0.15, -0.1) is 0 Å². The second-order valence-corrected chi connectivity index (χ2v) is 6.22. The third-order valence-electron chi connectivity index (χ3n) is 3.56. The summed E-state index contributed by atoms with van der Waals surface area (Å²) in [5.41, 5.74) is 6.95. The maximum Gasteiger partial charge on any atom is 0.256 e. The standard InChI is InChI=1S/C17H23N3O2/c1-10(2)8-19-17(22)12-9-20(11(3)4)14-7-5-6-13(18)15(14)16(12)21/h5-7,9-11H,8,18H2,1-4H3,(H,19,22). The van der Waals surface area contributed by atoms with E-state index in [1.165, 1.54) is 0 Å². The SMILES string of the molecule is CC(C)CNC(=O)c1cn(C(C)C)c2cccc(N)c2c1=O. The smallest absolute Gasteiger partial charge is 0.256 e. The highest BCUT2D eigenvalue weighted by atomic mass is 16.2. The first kappa shape index (κ1) is 16.1. The van der Waals surface area contributed by atoms with Gasteiger partial charge >= 0.3 is 0 Å². The molecule has 0 bridgehead atoms. The van der Waals surface area contributed by atoms with Crippen LogP contribution in [0.25, 0.3) is 10.9 Å². The fourth-order valence-electron chi connectivity index (χ4n) is 2.40. The summed E-state index contributed by atoms with van der Waals surface area (Å²) in [6, 6.07) is 5.46. The maximum atomic E-state index is 12.7. The van der Waals surface area contributed by atoms with Crippen molar-refractivity contribution in [3.05, 3.63) is 40.2 Å². The molecule has 1 amide bonds. The molecule has 0 aliphatic carbocycles. The van der Waals surface area contributed by atoms with E-state index in [4.69, 9.17) is 5.73 Å². The van der Waals surface area contributed by atoms with E-state index in [0.717, 1.165) is 5.52 Å². The first-order valence-corrected chi connectivity index (χ1v) is 7.54. The van der Waals surface area contributed by atoms with Crippen LogP contribution in [0.4, 0.5) is 5.69 Å². The summed E-state index contributed by atoms with van der Waals surface area (Å²) in [4.78, 5) is 25.0. The highest BCUT2D eigenvalue weighted by Gasteiger charge is 2.17. The number of aromatic nitrogens is 1. The van der Waals surface area contributed by atoms with Crippen molar-refractivity contribution in [3.63, 3.8) is 0 Å². The molecule has 22 heavy (non-hydrogen) atoms. The first-order chi connectivity index (χ1) is 10.3. The van der Waals surface area contributed by atoms with Gasteiger partial charge in [0.05, 0.1) is 10.9 Å². The van der Waals surface area contributed by atoms with Crippen LogP contribution in [0.3, 0.4) is 0 Å². The number of rotatable bonds is 4. The van der Waals surface area contributed by atoms with Crippen molar-refractivity contribution in [3.8, 4) is 0 Å². The van der Waals surface area contributed by atoms with E-state index in [2.05, 4.69) is 5.32 Å². The Morgan fingerprint density at radius 3 is 2.55 bits per heavy atom. The molecule has 5 heteroatoms. The Hall–Kier alpha value is -2.30. The fourth-order valence-corrected chi connectivity index (χ4v) is 2.40. The van der Waals surface area contributed by atoms with Gasteiger partial charge in [0.15, 0.2) is 0 Å². The number of carbonyl (C=O) groups excluding carboxylic acids is 1. The molecule has 2 rings (SSSR count). The Morgan fingerprint density at radius 2 is 1.95 bits per heavy atom. The third kappa shape index (κ3) is 2.98. The van der Waals surface area contributed by atoms with Crippen LogP contribution in [-0.4, -0.2) is 17.0 Å². The molecule has 0 aliphatic rings. The minimum atomic E-state index is -0.349. The average molecular weight is 301 g/mol. The lowest BCUT2D eigenvalue weighted by Crippen LogP contribution is -2.32. The Morgan fingerprint density at radius 1 is 1.27 bits per heavy atom. The summed E-state index contributed by atoms with van der Waals surface area (Å²) in [5, 5.41) is 3.21. The Labute approximate surface area is 130 Å². The van der Waals surface area contributed by atoms with Crippen molar-refractivity contribution in [1.82, 2.24) is 9.88 Å². The summed E-state index contributed by atoms with van der Waals surface area (Å²) >= 11 is 0. The highest BCUT2D eigenvalue weighted by molar-refractivity contribution is 6.00. The maximum absolute atomic E-state index is 12.7. The Bertz CT molecular complexity index is 760. The van der Waals surface area contributed by atoms with Crippen LogP contribution < -0.4 is 16.5 Å². The van der Waals surface area contributed by atoms with Crippen LogP contribution in [0, 0.1) is 5.92 Å². The van der Waals surface area contributed by atoms with Crippen LogP contribution in [0.5, 0.6) is 0 Å². The molecule has 1 aromatic carbocycles. The predicted molar refractivity (Wildman–Crippen MR) is 90.2 cm³/mol. The zero-order chi connectivity index (χ0) is 16.4. The van der Waals surface area contributed by atoms with E-state index in [1.54, 1.807) is 12.3 Å². The quantitative estimate of drug-likeness (QED) is 0.852. The number of anilines is 1. The van der Waals surface area contributed by atoms with Gasteiger partial charge < -0.3 is 15.6 Å². The summed E-state index contributed by atoms with van der Waals surface area (Å²) < 4.78 is 1.91. The summed E-state index contributed by atoms with van der Waals surface area (Å²) in [6.45, 7) is 8.55. The molecule has 0 spiro atoms. The number of carbonyl (C=O) groups is 1. The van der Waals surface area contributed by atoms with Crippen LogP contribution in [-0.2, 0) is 0 Å². The average Bonchev–Trinajstić information content (AvgIpc) is 2.44. The monoisotopic (exact) mass is 301 g/mol. The summed E-state index contributed by atoms with van der Waals surface area (Å²) in [5.74, 6) is -0.0277. The zero-order valence-corrected chi connectivity index (χ0v) is 13.5. The largest absolute Gasteiger partial charge is 0.398 e. The Balaban J connectivity index is 2.66. The van der Waals surface area contributed by atoms with Gasteiger partial charge in [0.1, 0.15) is 5.56 Å². The number of fused-ring (bicyclic) bond motifs is 1. The summed E-state index contributed by atoms with van der Waals surface area (Å²) in [7, 11) is 0. The molecule has 5 nitrogen and oxygen atoms in total. The van der Waals surface area contributed by atoms with Gasteiger partial charge in [0.2, 0.25) is 5.43 Å². The molecule has 0 saturated carbocycles. The number of hydrogen-bond donors (Lipinski definition) is 2. The number of nitrogens with two attached hydrogens (primary N) is 1. The van der Waals surface area contributed by atoms with Crippen molar-refractivity contribution in [2.75, 3.05) is 12.3 Å². The van der Waals surface area contributed by atoms with Crippen molar-refractivity contribution >= 4 is 22.5 Å². The second-order valence-electron chi connectivity index (χ2n) is 6.22. The van der Waals surface area contributed by atoms with Gasteiger partial charge in [-0.25, -0.2) is 0 Å². The normalized spacial score (nSPS) is 11.4. The predicted octanol–water partition coefficient (Wildman–Crippen LogP) is 2.55. The molecule has 1 heterocycles. The number of nitrogens with one attached hydrogen (secondary N) is 1. The van der Waals surface area contributed by atoms with Gasteiger partial charge in [-0.1, -0.05) is 19.9 Å². The van der Waals surface area contributed by atoms with Crippen molar-refractivity contribution in [2.24, 2.45) is 5.92 Å². The molecule has 3 N–H and O–H groups in total.